The second kappa shape index (κ2) is 2.03. The molecule has 1 spiro atoms. The third kappa shape index (κ3) is 1.42. The minimum Gasteiger partial charge on any atom is -0.229 e. The Labute approximate surface area is 65.6 Å². The molecule has 1 saturated heterocycles. The van der Waals surface area contributed by atoms with Crippen molar-refractivity contribution in [1.29, 1.82) is 0 Å². The zero-order valence-electron chi connectivity index (χ0n) is 6.15. The predicted octanol–water partition coefficient (Wildman–Crippen LogP) is 0.747. The van der Waals surface area contributed by atoms with Crippen LogP contribution in [0, 0.1) is 0 Å². The van der Waals surface area contributed by atoms with Crippen LogP contribution < -0.4 is 0 Å². The smallest absolute Gasteiger partial charge is 0.192 e. The fourth-order valence-electron chi connectivity index (χ4n) is 1.39. The van der Waals surface area contributed by atoms with Gasteiger partial charge in [0.25, 0.3) is 0 Å². The monoisotopic (exact) mass is 174 g/mol. The molecule has 0 radical (unpaired) electrons. The molecule has 0 aromatic heterocycles. The van der Waals surface area contributed by atoms with Gasteiger partial charge in [0, 0.05) is 6.42 Å². The summed E-state index contributed by atoms with van der Waals surface area (Å²) >= 11 is 0. The van der Waals surface area contributed by atoms with Crippen molar-refractivity contribution in [3.63, 3.8) is 0 Å². The van der Waals surface area contributed by atoms with Crippen molar-refractivity contribution in [3.05, 3.63) is 0 Å². The first-order valence-electron chi connectivity index (χ1n) is 3.77. The summed E-state index contributed by atoms with van der Waals surface area (Å²) in [7, 11) is -2.77. The first-order chi connectivity index (χ1) is 5.12. The van der Waals surface area contributed by atoms with Gasteiger partial charge in [0.05, 0.1) is 11.5 Å². The lowest BCUT2D eigenvalue weighted by Gasteiger charge is -2.01. The second-order valence-corrected chi connectivity index (χ2v) is 5.49. The van der Waals surface area contributed by atoms with Gasteiger partial charge in [-0.15, -0.1) is 0 Å². The molecule has 0 aliphatic carbocycles. The van der Waals surface area contributed by atoms with Gasteiger partial charge in [-0.05, 0) is 12.8 Å². The molecule has 11 heavy (non-hydrogen) atoms. The number of nitrogens with zero attached hydrogens (tertiary/aromatic N) is 2. The van der Waals surface area contributed by atoms with E-state index >= 15 is 0 Å². The van der Waals surface area contributed by atoms with Crippen molar-refractivity contribution < 1.29 is 8.42 Å². The van der Waals surface area contributed by atoms with Crippen LogP contribution in [0.4, 0.5) is 0 Å². The molecule has 2 heterocycles. The highest BCUT2D eigenvalue weighted by molar-refractivity contribution is 7.91. The Morgan fingerprint density at radius 1 is 1.09 bits per heavy atom. The maximum Gasteiger partial charge on any atom is 0.192 e. The van der Waals surface area contributed by atoms with E-state index in [1.807, 2.05) is 0 Å². The van der Waals surface area contributed by atoms with Crippen LogP contribution in [0.2, 0.25) is 0 Å². The molecule has 2 rings (SSSR count). The van der Waals surface area contributed by atoms with Crippen LogP contribution in [0.25, 0.3) is 0 Å². The number of hydrogen-bond acceptors (Lipinski definition) is 4. The molecule has 4 nitrogen and oxygen atoms in total. The van der Waals surface area contributed by atoms with Crippen molar-refractivity contribution >= 4 is 9.84 Å². The maximum atomic E-state index is 11.1. The van der Waals surface area contributed by atoms with Crippen molar-refractivity contribution in [2.75, 3.05) is 11.5 Å². The summed E-state index contributed by atoms with van der Waals surface area (Å²) in [5.41, 5.74) is -0.260. The normalized spacial score (nSPS) is 31.6. The van der Waals surface area contributed by atoms with Crippen LogP contribution in [0.5, 0.6) is 0 Å². The lowest BCUT2D eigenvalue weighted by atomic mass is 10.1. The lowest BCUT2D eigenvalue weighted by molar-refractivity contribution is 0.536. The first-order valence-corrected chi connectivity index (χ1v) is 5.59. The van der Waals surface area contributed by atoms with E-state index < -0.39 is 9.84 Å². The topological polar surface area (TPSA) is 58.9 Å². The van der Waals surface area contributed by atoms with Gasteiger partial charge in [-0.25, -0.2) is 8.42 Å². The molecule has 62 valence electrons. The van der Waals surface area contributed by atoms with Crippen LogP contribution in [0.3, 0.4) is 0 Å². The standard InChI is InChI=1S/C6H10N2O2S/c9-11(10)4-1-2-6(3-5-11)7-8-6/h1-5H2. The Morgan fingerprint density at radius 3 is 2.45 bits per heavy atom. The molecule has 0 aromatic rings. The van der Waals surface area contributed by atoms with Gasteiger partial charge in [0.15, 0.2) is 5.66 Å². The summed E-state index contributed by atoms with van der Waals surface area (Å²) in [6.07, 6.45) is 2.15. The summed E-state index contributed by atoms with van der Waals surface area (Å²) in [5, 5.41) is 7.76. The van der Waals surface area contributed by atoms with Crippen LogP contribution >= 0.6 is 0 Å². The van der Waals surface area contributed by atoms with E-state index in [4.69, 9.17) is 0 Å². The van der Waals surface area contributed by atoms with Crippen LogP contribution in [-0.4, -0.2) is 25.6 Å². The fourth-order valence-corrected chi connectivity index (χ4v) is 2.82. The first kappa shape index (κ1) is 7.21. The van der Waals surface area contributed by atoms with E-state index in [0.717, 1.165) is 12.8 Å². The number of sulfone groups is 1. The Kier molecular flexibility index (Phi) is 1.33. The Morgan fingerprint density at radius 2 is 1.82 bits per heavy atom. The van der Waals surface area contributed by atoms with Crippen LogP contribution in [0.15, 0.2) is 10.2 Å². The summed E-state index contributed by atoms with van der Waals surface area (Å²) < 4.78 is 22.2. The SMILES string of the molecule is O=S1(=O)CCCC2(CC1)N=N2. The summed E-state index contributed by atoms with van der Waals surface area (Å²) in [6.45, 7) is 0. The van der Waals surface area contributed by atoms with Gasteiger partial charge in [-0.3, -0.25) is 0 Å². The van der Waals surface area contributed by atoms with E-state index in [2.05, 4.69) is 10.2 Å². The highest BCUT2D eigenvalue weighted by Gasteiger charge is 2.42. The summed E-state index contributed by atoms with van der Waals surface area (Å²) in [5.74, 6) is 0.583. The van der Waals surface area contributed by atoms with Crippen LogP contribution in [0.1, 0.15) is 19.3 Å². The van der Waals surface area contributed by atoms with E-state index in [0.29, 0.717) is 12.2 Å². The molecule has 0 unspecified atom stereocenters. The minimum absolute atomic E-state index is 0.260. The van der Waals surface area contributed by atoms with Crippen LogP contribution in [-0.2, 0) is 9.84 Å². The highest BCUT2D eigenvalue weighted by Crippen LogP contribution is 2.38. The molecular weight excluding hydrogens is 164 g/mol. The van der Waals surface area contributed by atoms with Gasteiger partial charge in [-0.2, -0.15) is 10.2 Å². The van der Waals surface area contributed by atoms with Crippen molar-refractivity contribution in [2.45, 2.75) is 24.9 Å². The Bertz CT molecular complexity index is 288. The average Bonchev–Trinajstić information content (AvgIpc) is 2.66. The number of rotatable bonds is 0. The molecule has 1 fully saturated rings. The highest BCUT2D eigenvalue weighted by atomic mass is 32.2. The van der Waals surface area contributed by atoms with E-state index in [1.54, 1.807) is 0 Å². The Hall–Kier alpha value is -0.450. The van der Waals surface area contributed by atoms with Gasteiger partial charge < -0.3 is 0 Å². The minimum atomic E-state index is -2.77. The van der Waals surface area contributed by atoms with E-state index in [1.165, 1.54) is 0 Å². The molecule has 2 aliphatic rings. The average molecular weight is 174 g/mol. The zero-order valence-corrected chi connectivity index (χ0v) is 6.97. The molecule has 5 heteroatoms. The Balaban J connectivity index is 2.10. The fraction of sp³-hybridized carbons (Fsp3) is 1.00. The van der Waals surface area contributed by atoms with E-state index in [9.17, 15) is 8.42 Å². The molecule has 0 saturated carbocycles. The van der Waals surface area contributed by atoms with Crippen molar-refractivity contribution in [2.24, 2.45) is 10.2 Å². The third-order valence-corrected chi connectivity index (χ3v) is 3.97. The summed E-state index contributed by atoms with van der Waals surface area (Å²) in [4.78, 5) is 0. The molecular formula is C6H10N2O2S. The van der Waals surface area contributed by atoms with Crippen molar-refractivity contribution in [3.8, 4) is 0 Å². The second-order valence-electron chi connectivity index (χ2n) is 3.19. The third-order valence-electron chi connectivity index (χ3n) is 2.23. The molecule has 0 N–H and O–H groups in total. The quantitative estimate of drug-likeness (QED) is 0.544. The molecule has 0 aromatic carbocycles. The van der Waals surface area contributed by atoms with Crippen molar-refractivity contribution in [1.82, 2.24) is 0 Å². The zero-order chi connectivity index (χ0) is 7.95. The van der Waals surface area contributed by atoms with Gasteiger partial charge in [0.2, 0.25) is 0 Å². The van der Waals surface area contributed by atoms with Gasteiger partial charge >= 0.3 is 0 Å². The number of hydrogen-bond donors (Lipinski definition) is 0. The largest absolute Gasteiger partial charge is 0.229 e. The van der Waals surface area contributed by atoms with Gasteiger partial charge in [0.1, 0.15) is 9.84 Å². The maximum absolute atomic E-state index is 11.1. The predicted molar refractivity (Wildman–Crippen MR) is 40.1 cm³/mol. The molecule has 0 atom stereocenters. The summed E-state index contributed by atoms with van der Waals surface area (Å²) in [6, 6.07) is 0. The lowest BCUT2D eigenvalue weighted by Crippen LogP contribution is -2.12. The molecule has 2 aliphatic heterocycles. The molecule has 0 bridgehead atoms. The van der Waals surface area contributed by atoms with E-state index in [-0.39, 0.29) is 11.4 Å². The molecule has 0 amide bonds. The van der Waals surface area contributed by atoms with Gasteiger partial charge in [-0.1, -0.05) is 0 Å².